The van der Waals surface area contributed by atoms with E-state index in [9.17, 15) is 19.5 Å². The summed E-state index contributed by atoms with van der Waals surface area (Å²) in [6, 6.07) is 5.21. The van der Waals surface area contributed by atoms with Gasteiger partial charge in [-0.25, -0.2) is 19.2 Å². The third kappa shape index (κ3) is 5.35. The molecular weight excluding hydrogens is 523 g/mol. The fraction of sp³-hybridized carbons (Fsp3) is 0.444. The third-order valence-corrected chi connectivity index (χ3v) is 8.64. The molecule has 1 amide bonds. The van der Waals surface area contributed by atoms with Crippen molar-refractivity contribution >= 4 is 46.3 Å². The van der Waals surface area contributed by atoms with Crippen LogP contribution in [-0.4, -0.2) is 56.9 Å². The zero-order valence-electron chi connectivity index (χ0n) is 21.3. The number of carbonyl (C=O) groups is 2. The van der Waals surface area contributed by atoms with Gasteiger partial charge in [-0.15, -0.1) is 11.8 Å². The molecule has 10 nitrogen and oxygen atoms in total. The molecule has 204 valence electrons. The number of aromatic nitrogens is 3. The number of amides is 1. The molecule has 0 radical (unpaired) electrons. The maximum Gasteiger partial charge on any atom is 0.341 e. The van der Waals surface area contributed by atoms with E-state index in [0.717, 1.165) is 55.3 Å². The molecule has 39 heavy (non-hydrogen) atoms. The number of nitrogens with zero attached hydrogens (tertiary/aromatic N) is 4. The molecular formula is C27H29FN6O4S. The van der Waals surface area contributed by atoms with Gasteiger partial charge in [-0.2, -0.15) is 0 Å². The number of hydrogen-bond donors (Lipinski definition) is 3. The summed E-state index contributed by atoms with van der Waals surface area (Å²) in [5, 5.41) is 15.7. The van der Waals surface area contributed by atoms with Crippen LogP contribution in [0.1, 0.15) is 54.2 Å². The number of fused-ring (bicyclic) bond motifs is 2. The number of nitrogens with one attached hydrogen (secondary N) is 2. The predicted molar refractivity (Wildman–Crippen MR) is 146 cm³/mol. The van der Waals surface area contributed by atoms with E-state index in [4.69, 9.17) is 0 Å². The van der Waals surface area contributed by atoms with Gasteiger partial charge in [0, 0.05) is 31.9 Å². The Hall–Kier alpha value is -3.51. The number of aromatic carboxylic acids is 1. The Morgan fingerprint density at radius 3 is 2.72 bits per heavy atom. The third-order valence-electron chi connectivity index (χ3n) is 7.59. The summed E-state index contributed by atoms with van der Waals surface area (Å²) < 4.78 is 16.9. The molecule has 1 saturated carbocycles. The molecule has 0 unspecified atom stereocenters. The Kier molecular flexibility index (Phi) is 6.98. The van der Waals surface area contributed by atoms with Crippen LogP contribution in [0.15, 0.2) is 34.1 Å². The summed E-state index contributed by atoms with van der Waals surface area (Å²) in [5.41, 5.74) is 0.173. The normalized spacial score (nSPS) is 17.8. The summed E-state index contributed by atoms with van der Waals surface area (Å²) >= 11 is 1.50. The lowest BCUT2D eigenvalue weighted by Crippen LogP contribution is -2.36. The van der Waals surface area contributed by atoms with Crippen LogP contribution in [0.25, 0.3) is 11.0 Å². The van der Waals surface area contributed by atoms with Crippen LogP contribution in [0.2, 0.25) is 0 Å². The molecule has 0 atom stereocenters. The number of carbonyl (C=O) groups excluding carboxylic acids is 1. The molecule has 1 saturated heterocycles. The van der Waals surface area contributed by atoms with Gasteiger partial charge in [-0.1, -0.05) is 0 Å². The van der Waals surface area contributed by atoms with Crippen LogP contribution in [0, 0.1) is 11.7 Å². The maximum absolute atomic E-state index is 15.2. The van der Waals surface area contributed by atoms with E-state index in [-0.39, 0.29) is 28.7 Å². The van der Waals surface area contributed by atoms with Gasteiger partial charge in [0.2, 0.25) is 11.3 Å². The van der Waals surface area contributed by atoms with Crippen molar-refractivity contribution in [1.82, 2.24) is 19.9 Å². The van der Waals surface area contributed by atoms with Crippen LogP contribution in [-0.2, 0) is 11.3 Å². The number of rotatable bonds is 8. The number of halogens is 1. The van der Waals surface area contributed by atoms with Crippen LogP contribution in [0.5, 0.6) is 0 Å². The second-order valence-electron chi connectivity index (χ2n) is 10.4. The fourth-order valence-corrected chi connectivity index (χ4v) is 6.06. The Balaban J connectivity index is 1.06. The highest BCUT2D eigenvalue weighted by molar-refractivity contribution is 8.00. The van der Waals surface area contributed by atoms with Gasteiger partial charge in [0.25, 0.3) is 0 Å². The molecule has 6 rings (SSSR count). The lowest BCUT2D eigenvalue weighted by atomic mass is 9.93. The molecule has 0 aromatic carbocycles. The molecule has 3 aromatic rings. The van der Waals surface area contributed by atoms with Crippen LogP contribution < -0.4 is 21.0 Å². The number of thioether (sulfide) groups is 1. The lowest BCUT2D eigenvalue weighted by molar-refractivity contribution is -0.113. The van der Waals surface area contributed by atoms with Gasteiger partial charge in [0.05, 0.1) is 21.7 Å². The molecule has 12 heteroatoms. The zero-order chi connectivity index (χ0) is 27.1. The van der Waals surface area contributed by atoms with E-state index >= 15 is 4.39 Å². The van der Waals surface area contributed by atoms with Crippen molar-refractivity contribution in [3.05, 3.63) is 51.7 Å². The van der Waals surface area contributed by atoms with Crippen molar-refractivity contribution in [2.75, 3.05) is 35.6 Å². The van der Waals surface area contributed by atoms with Crippen molar-refractivity contribution in [3.8, 4) is 0 Å². The average Bonchev–Trinajstić information content (AvgIpc) is 3.77. The molecule has 1 aliphatic carbocycles. The molecule has 0 spiro atoms. The minimum Gasteiger partial charge on any atom is -0.477 e. The number of carboxylic acid groups (broad SMARTS) is 1. The van der Waals surface area contributed by atoms with Crippen LogP contribution in [0.3, 0.4) is 0 Å². The first-order valence-corrected chi connectivity index (χ1v) is 14.2. The fourth-order valence-electron chi connectivity index (χ4n) is 5.30. The second-order valence-corrected chi connectivity index (χ2v) is 11.4. The molecule has 5 heterocycles. The standard InChI is InChI=1S/C27H29FN6O4S/c28-20-11-18-23(36)19(27(37)38)13-34(17-2-3-17)25(18)32-26(20)33-9-6-15(7-10-33)5-8-29-12-16-1-4-21-24(30-16)31-22(35)14-39-21/h1,4,11,13,15,17,29H,2-3,5-10,12,14H2,(H,37,38)(H,30,31,35). The number of pyridine rings is 3. The molecule has 3 N–H and O–H groups in total. The maximum atomic E-state index is 15.2. The van der Waals surface area contributed by atoms with E-state index in [0.29, 0.717) is 42.8 Å². The Labute approximate surface area is 228 Å². The van der Waals surface area contributed by atoms with Gasteiger partial charge in [0.1, 0.15) is 17.0 Å². The number of anilines is 2. The molecule has 0 bridgehead atoms. The SMILES string of the molecule is O=C1CSc2ccc(CNCCC3CCN(c4nc5c(cc4F)c(=O)c(C(=O)O)cn5C4CC4)CC3)nc2N1. The average molecular weight is 553 g/mol. The number of piperidine rings is 1. The second kappa shape index (κ2) is 10.6. The number of hydrogen-bond acceptors (Lipinski definition) is 8. The van der Waals surface area contributed by atoms with Crippen LogP contribution in [0.4, 0.5) is 16.0 Å². The lowest BCUT2D eigenvalue weighted by Gasteiger charge is -2.33. The van der Waals surface area contributed by atoms with Crippen molar-refractivity contribution in [3.63, 3.8) is 0 Å². The van der Waals surface area contributed by atoms with E-state index < -0.39 is 17.2 Å². The van der Waals surface area contributed by atoms with Gasteiger partial charge < -0.3 is 25.2 Å². The van der Waals surface area contributed by atoms with E-state index in [1.807, 2.05) is 17.0 Å². The van der Waals surface area contributed by atoms with Gasteiger partial charge >= 0.3 is 5.97 Å². The van der Waals surface area contributed by atoms with E-state index in [1.165, 1.54) is 18.0 Å². The summed E-state index contributed by atoms with van der Waals surface area (Å²) in [4.78, 5) is 47.9. The van der Waals surface area contributed by atoms with E-state index in [2.05, 4.69) is 20.6 Å². The van der Waals surface area contributed by atoms with Gasteiger partial charge in [-0.3, -0.25) is 9.59 Å². The molecule has 3 aliphatic rings. The van der Waals surface area contributed by atoms with Crippen molar-refractivity contribution in [2.45, 2.75) is 49.6 Å². The summed E-state index contributed by atoms with van der Waals surface area (Å²) in [7, 11) is 0. The monoisotopic (exact) mass is 552 g/mol. The Bertz CT molecular complexity index is 1520. The predicted octanol–water partition coefficient (Wildman–Crippen LogP) is 3.40. The van der Waals surface area contributed by atoms with Crippen molar-refractivity contribution in [2.24, 2.45) is 5.92 Å². The van der Waals surface area contributed by atoms with E-state index in [1.54, 1.807) is 4.57 Å². The highest BCUT2D eigenvalue weighted by Crippen LogP contribution is 2.37. The summed E-state index contributed by atoms with van der Waals surface area (Å²) in [6.07, 6.45) is 5.89. The van der Waals surface area contributed by atoms with Crippen LogP contribution >= 0.6 is 11.8 Å². The molecule has 2 aliphatic heterocycles. The van der Waals surface area contributed by atoms with Gasteiger partial charge in [-0.05, 0) is 62.8 Å². The first-order chi connectivity index (χ1) is 18.9. The highest BCUT2D eigenvalue weighted by Gasteiger charge is 2.29. The largest absolute Gasteiger partial charge is 0.477 e. The Morgan fingerprint density at radius 1 is 1.18 bits per heavy atom. The molecule has 3 aromatic heterocycles. The topological polar surface area (TPSA) is 129 Å². The molecule has 2 fully saturated rings. The minimum atomic E-state index is -1.32. The van der Waals surface area contributed by atoms with Crippen molar-refractivity contribution < 1.29 is 19.1 Å². The Morgan fingerprint density at radius 2 is 1.97 bits per heavy atom. The number of carboxylic acids is 1. The smallest absolute Gasteiger partial charge is 0.341 e. The summed E-state index contributed by atoms with van der Waals surface area (Å²) in [6.45, 7) is 2.76. The minimum absolute atomic E-state index is 0.0126. The van der Waals surface area contributed by atoms with Gasteiger partial charge in [0.15, 0.2) is 11.6 Å². The van der Waals surface area contributed by atoms with Crippen molar-refractivity contribution in [1.29, 1.82) is 0 Å². The zero-order valence-corrected chi connectivity index (χ0v) is 22.1. The first-order valence-electron chi connectivity index (χ1n) is 13.2. The summed E-state index contributed by atoms with van der Waals surface area (Å²) in [5.74, 6) is -0.176. The first kappa shape index (κ1) is 25.8. The highest BCUT2D eigenvalue weighted by atomic mass is 32.2. The quantitative estimate of drug-likeness (QED) is 0.360.